The Morgan fingerprint density at radius 2 is 2.39 bits per heavy atom. The molecule has 1 heterocycles. The van der Waals surface area contributed by atoms with Crippen LogP contribution in [0, 0.1) is 5.82 Å². The Labute approximate surface area is 109 Å². The van der Waals surface area contributed by atoms with Gasteiger partial charge in [0.05, 0.1) is 11.7 Å². The third-order valence-electron chi connectivity index (χ3n) is 2.86. The van der Waals surface area contributed by atoms with Gasteiger partial charge in [-0.05, 0) is 30.5 Å². The Kier molecular flexibility index (Phi) is 4.60. The minimum absolute atomic E-state index is 0.275. The van der Waals surface area contributed by atoms with Crippen LogP contribution in [0.4, 0.5) is 4.39 Å². The molecule has 1 atom stereocenters. The van der Waals surface area contributed by atoms with E-state index in [1.165, 1.54) is 12.1 Å². The van der Waals surface area contributed by atoms with Crippen molar-refractivity contribution in [3.8, 4) is 0 Å². The van der Waals surface area contributed by atoms with Gasteiger partial charge in [0.1, 0.15) is 5.82 Å². The van der Waals surface area contributed by atoms with Gasteiger partial charge in [0.2, 0.25) is 0 Å². The molecule has 0 bridgehead atoms. The Bertz CT molecular complexity index is 430. The largest absolute Gasteiger partial charge is 0.478 e. The van der Waals surface area contributed by atoms with Gasteiger partial charge in [-0.2, -0.15) is 11.8 Å². The highest BCUT2D eigenvalue weighted by Gasteiger charge is 2.15. The summed E-state index contributed by atoms with van der Waals surface area (Å²) in [5.74, 6) is -0.317. The Balaban J connectivity index is 1.85. The van der Waals surface area contributed by atoms with E-state index in [9.17, 15) is 9.18 Å². The van der Waals surface area contributed by atoms with Gasteiger partial charge in [-0.15, -0.1) is 0 Å². The van der Waals surface area contributed by atoms with E-state index in [1.54, 1.807) is 17.8 Å². The zero-order chi connectivity index (χ0) is 13.0. The molecule has 3 nitrogen and oxygen atoms in total. The average Bonchev–Trinajstić information content (AvgIpc) is 2.81. The second-order valence-electron chi connectivity index (χ2n) is 4.27. The van der Waals surface area contributed by atoms with Gasteiger partial charge in [0.15, 0.2) is 0 Å². The van der Waals surface area contributed by atoms with Crippen LogP contribution in [0.15, 0.2) is 18.2 Å². The number of rotatable bonds is 5. The lowest BCUT2D eigenvalue weighted by Gasteiger charge is -2.08. The number of benzene rings is 1. The first-order chi connectivity index (χ1) is 8.66. The quantitative estimate of drug-likeness (QED) is 0.893. The molecule has 1 N–H and O–H groups in total. The van der Waals surface area contributed by atoms with Crippen molar-refractivity contribution in [1.29, 1.82) is 0 Å². The fraction of sp³-hybridized carbons (Fsp3) is 0.462. The van der Waals surface area contributed by atoms with Crippen LogP contribution < -0.4 is 0 Å². The van der Waals surface area contributed by atoms with Gasteiger partial charge in [0, 0.05) is 18.1 Å². The molecular weight excluding hydrogens is 255 g/mol. The van der Waals surface area contributed by atoms with Crippen molar-refractivity contribution in [3.63, 3.8) is 0 Å². The van der Waals surface area contributed by atoms with E-state index in [0.717, 1.165) is 30.8 Å². The van der Waals surface area contributed by atoms with Gasteiger partial charge in [0.25, 0.3) is 0 Å². The summed E-state index contributed by atoms with van der Waals surface area (Å²) in [6, 6.07) is 4.28. The molecule has 1 aromatic rings. The summed E-state index contributed by atoms with van der Waals surface area (Å²) in [6.07, 6.45) is 2.53. The van der Waals surface area contributed by atoms with Crippen molar-refractivity contribution in [1.82, 2.24) is 0 Å². The zero-order valence-electron chi connectivity index (χ0n) is 9.89. The summed E-state index contributed by atoms with van der Waals surface area (Å²) >= 11 is 1.69. The van der Waals surface area contributed by atoms with Crippen molar-refractivity contribution in [2.24, 2.45) is 0 Å². The summed E-state index contributed by atoms with van der Waals surface area (Å²) in [6.45, 7) is 0.840. The van der Waals surface area contributed by atoms with Crippen molar-refractivity contribution in [2.45, 2.75) is 24.7 Å². The first-order valence-corrected chi connectivity index (χ1v) is 7.03. The number of hydrogen-bond acceptors (Lipinski definition) is 3. The molecule has 2 rings (SSSR count). The predicted octanol–water partition coefficient (Wildman–Crippen LogP) is 2.94. The Hall–Kier alpha value is -1.07. The smallest absolute Gasteiger partial charge is 0.338 e. The van der Waals surface area contributed by atoms with Gasteiger partial charge in [-0.3, -0.25) is 0 Å². The molecule has 1 aromatic carbocycles. The van der Waals surface area contributed by atoms with Crippen molar-refractivity contribution < 1.29 is 19.0 Å². The fourth-order valence-electron chi connectivity index (χ4n) is 1.91. The van der Waals surface area contributed by atoms with E-state index in [-0.39, 0.29) is 5.56 Å². The van der Waals surface area contributed by atoms with Crippen LogP contribution in [0.5, 0.6) is 0 Å². The van der Waals surface area contributed by atoms with Crippen LogP contribution in [0.25, 0.3) is 0 Å². The SMILES string of the molecule is O=C(O)c1ccc(CSCC2CCCO2)cc1F. The minimum atomic E-state index is -1.23. The van der Waals surface area contributed by atoms with Gasteiger partial charge < -0.3 is 9.84 Å². The van der Waals surface area contributed by atoms with Gasteiger partial charge in [-0.1, -0.05) is 6.07 Å². The molecule has 0 spiro atoms. The monoisotopic (exact) mass is 270 g/mol. The van der Waals surface area contributed by atoms with Gasteiger partial charge in [-0.25, -0.2) is 9.18 Å². The summed E-state index contributed by atoms with van der Waals surface area (Å²) in [7, 11) is 0. The highest BCUT2D eigenvalue weighted by molar-refractivity contribution is 7.98. The number of halogens is 1. The highest BCUT2D eigenvalue weighted by atomic mass is 32.2. The van der Waals surface area contributed by atoms with Crippen molar-refractivity contribution in [3.05, 3.63) is 35.1 Å². The standard InChI is InChI=1S/C13H15FO3S/c14-12-6-9(3-4-11(12)13(15)16)7-18-8-10-2-1-5-17-10/h3-4,6,10H,1-2,5,7-8H2,(H,15,16). The average molecular weight is 270 g/mol. The Morgan fingerprint density at radius 3 is 3.00 bits per heavy atom. The minimum Gasteiger partial charge on any atom is -0.478 e. The maximum Gasteiger partial charge on any atom is 0.338 e. The number of aromatic carboxylic acids is 1. The van der Waals surface area contributed by atoms with Crippen LogP contribution in [0.2, 0.25) is 0 Å². The lowest BCUT2D eigenvalue weighted by molar-refractivity contribution is 0.0692. The number of carboxylic acids is 1. The van der Waals surface area contributed by atoms with Crippen LogP contribution in [0.1, 0.15) is 28.8 Å². The number of carboxylic acid groups (broad SMARTS) is 1. The van der Waals surface area contributed by atoms with E-state index in [2.05, 4.69) is 0 Å². The first kappa shape index (κ1) is 13.4. The summed E-state index contributed by atoms with van der Waals surface area (Å²) in [5, 5.41) is 8.71. The second-order valence-corrected chi connectivity index (χ2v) is 5.30. The topological polar surface area (TPSA) is 46.5 Å². The Morgan fingerprint density at radius 1 is 1.56 bits per heavy atom. The van der Waals surface area contributed by atoms with E-state index in [0.29, 0.717) is 11.9 Å². The maximum absolute atomic E-state index is 13.4. The number of carbonyl (C=O) groups is 1. The van der Waals surface area contributed by atoms with E-state index in [4.69, 9.17) is 9.84 Å². The molecule has 0 saturated carbocycles. The first-order valence-electron chi connectivity index (χ1n) is 5.88. The second kappa shape index (κ2) is 6.20. The normalized spacial score (nSPS) is 19.1. The van der Waals surface area contributed by atoms with Crippen LogP contribution in [-0.4, -0.2) is 29.5 Å². The van der Waals surface area contributed by atoms with Crippen LogP contribution in [-0.2, 0) is 10.5 Å². The fourth-order valence-corrected chi connectivity index (χ4v) is 2.96. The molecule has 0 aromatic heterocycles. The molecule has 1 unspecified atom stereocenters. The molecule has 0 amide bonds. The lowest BCUT2D eigenvalue weighted by atomic mass is 10.1. The molecule has 98 valence electrons. The predicted molar refractivity (Wildman–Crippen MR) is 68.5 cm³/mol. The molecule has 1 saturated heterocycles. The molecule has 1 aliphatic heterocycles. The summed E-state index contributed by atoms with van der Waals surface area (Å²) in [4.78, 5) is 10.7. The van der Waals surface area contributed by atoms with E-state index >= 15 is 0 Å². The summed E-state index contributed by atoms with van der Waals surface area (Å²) in [5.41, 5.74) is 0.531. The molecule has 5 heteroatoms. The van der Waals surface area contributed by atoms with E-state index < -0.39 is 11.8 Å². The van der Waals surface area contributed by atoms with E-state index in [1.807, 2.05) is 0 Å². The summed E-state index contributed by atoms with van der Waals surface area (Å²) < 4.78 is 18.9. The highest BCUT2D eigenvalue weighted by Crippen LogP contribution is 2.21. The third-order valence-corrected chi connectivity index (χ3v) is 4.01. The number of hydrogen-bond donors (Lipinski definition) is 1. The molecule has 0 aliphatic carbocycles. The van der Waals surface area contributed by atoms with Crippen LogP contribution >= 0.6 is 11.8 Å². The van der Waals surface area contributed by atoms with Gasteiger partial charge >= 0.3 is 5.97 Å². The molecular formula is C13H15FO3S. The molecule has 18 heavy (non-hydrogen) atoms. The third kappa shape index (κ3) is 3.46. The van der Waals surface area contributed by atoms with Crippen LogP contribution in [0.3, 0.4) is 0 Å². The number of thioether (sulfide) groups is 1. The molecule has 1 fully saturated rings. The number of ether oxygens (including phenoxy) is 1. The molecule has 0 radical (unpaired) electrons. The molecule has 1 aliphatic rings. The van der Waals surface area contributed by atoms with Crippen molar-refractivity contribution in [2.75, 3.05) is 12.4 Å². The lowest BCUT2D eigenvalue weighted by Crippen LogP contribution is -2.08. The zero-order valence-corrected chi connectivity index (χ0v) is 10.7. The maximum atomic E-state index is 13.4. The van der Waals surface area contributed by atoms with Crippen molar-refractivity contribution >= 4 is 17.7 Å².